The van der Waals surface area contributed by atoms with Crippen LogP contribution in [0.1, 0.15) is 0 Å². The molecule has 0 amide bonds. The minimum Gasteiger partial charge on any atom is -0.456 e. The largest absolute Gasteiger partial charge is 0.456 e. The second-order valence-corrected chi connectivity index (χ2v) is 16.5. The van der Waals surface area contributed by atoms with Crippen molar-refractivity contribution < 1.29 is 4.42 Å². The maximum Gasteiger partial charge on any atom is 0.145 e. The molecule has 0 aliphatic heterocycles. The highest BCUT2D eigenvalue weighted by molar-refractivity contribution is 6.05. The van der Waals surface area contributed by atoms with Gasteiger partial charge < -0.3 is 9.32 Å². The molecule has 0 bridgehead atoms. The van der Waals surface area contributed by atoms with Crippen LogP contribution in [0.5, 0.6) is 0 Å². The predicted octanol–water partition coefficient (Wildman–Crippen LogP) is 15.3. The van der Waals surface area contributed by atoms with E-state index in [4.69, 9.17) is 19.4 Å². The lowest BCUT2D eigenvalue weighted by molar-refractivity contribution is 0.668. The number of benzene rings is 9. The number of nitrogens with zero attached hydrogens (tertiary/aromatic N) is 6. The van der Waals surface area contributed by atoms with Gasteiger partial charge in [0.15, 0.2) is 0 Å². The molecule has 0 atom stereocenters. The Kier molecular flexibility index (Phi) is 8.70. The van der Waals surface area contributed by atoms with Gasteiger partial charge in [-0.2, -0.15) is 0 Å². The second-order valence-electron chi connectivity index (χ2n) is 16.5. The summed E-state index contributed by atoms with van der Waals surface area (Å²) < 4.78 is 10.7. The zero-order chi connectivity index (χ0) is 43.6. The number of hydrogen-bond donors (Lipinski definition) is 0. The highest BCUT2D eigenvalue weighted by atomic mass is 16.3. The number of aromatic nitrogens is 5. The number of pyridine rings is 1. The van der Waals surface area contributed by atoms with Crippen molar-refractivity contribution in [2.75, 3.05) is 4.90 Å². The van der Waals surface area contributed by atoms with E-state index in [0.29, 0.717) is 0 Å². The summed E-state index contributed by atoms with van der Waals surface area (Å²) in [7, 11) is 0. The summed E-state index contributed by atoms with van der Waals surface area (Å²) in [6.45, 7) is 0. The molecular formula is C59H38N6O. The molecule has 9 aromatic carbocycles. The van der Waals surface area contributed by atoms with E-state index < -0.39 is 0 Å². The van der Waals surface area contributed by atoms with E-state index in [1.54, 1.807) is 0 Å². The number of furan rings is 1. The number of fused-ring (bicyclic) bond motifs is 6. The lowest BCUT2D eigenvalue weighted by Crippen LogP contribution is -2.10. The molecule has 0 radical (unpaired) electrons. The standard InChI is InChI=1S/C59H38N6O/c1-3-13-44(14-4-1)64-54-20-10-8-18-51(54)61-58(64)39-25-30-46(31-26-39)63(47-32-27-40(28-33-47)59-62-52-19-9-11-21-55(52)65(59)45-15-5-2-6-16-45)48-34-29-41-35-43(24-23-42(41)36-48)53-37-57-50(38-60-53)49-17-7-12-22-56(49)66-57/h1-38H. The smallest absolute Gasteiger partial charge is 0.145 e. The zero-order valence-electron chi connectivity index (χ0n) is 35.5. The molecule has 0 aliphatic rings. The Morgan fingerprint density at radius 1 is 0.379 bits per heavy atom. The number of hydrogen-bond acceptors (Lipinski definition) is 5. The van der Waals surface area contributed by atoms with Crippen molar-refractivity contribution >= 4 is 71.8 Å². The van der Waals surface area contributed by atoms with Crippen molar-refractivity contribution in [3.05, 3.63) is 231 Å². The lowest BCUT2D eigenvalue weighted by Gasteiger charge is -2.26. The van der Waals surface area contributed by atoms with Crippen LogP contribution < -0.4 is 4.90 Å². The molecule has 13 aromatic rings. The number of rotatable bonds is 8. The number of imidazole rings is 2. The maximum absolute atomic E-state index is 6.22. The van der Waals surface area contributed by atoms with E-state index >= 15 is 0 Å². The van der Waals surface area contributed by atoms with Gasteiger partial charge in [-0.15, -0.1) is 0 Å². The van der Waals surface area contributed by atoms with Gasteiger partial charge in [-0.1, -0.05) is 97.1 Å². The molecular weight excluding hydrogens is 809 g/mol. The number of para-hydroxylation sites is 7. The van der Waals surface area contributed by atoms with Crippen LogP contribution in [0.4, 0.5) is 17.1 Å². The van der Waals surface area contributed by atoms with Crippen LogP contribution in [-0.2, 0) is 0 Å². The van der Waals surface area contributed by atoms with Crippen molar-refractivity contribution in [2.45, 2.75) is 0 Å². The fourth-order valence-electron chi connectivity index (χ4n) is 9.39. The highest BCUT2D eigenvalue weighted by Gasteiger charge is 2.20. The first kappa shape index (κ1) is 37.5. The summed E-state index contributed by atoms with van der Waals surface area (Å²) in [5.41, 5.74) is 14.9. The molecule has 0 aliphatic carbocycles. The van der Waals surface area contributed by atoms with E-state index in [2.05, 4.69) is 190 Å². The fourth-order valence-corrected chi connectivity index (χ4v) is 9.39. The fraction of sp³-hybridized carbons (Fsp3) is 0. The topological polar surface area (TPSA) is 64.9 Å². The minimum atomic E-state index is 0.832. The Balaban J connectivity index is 0.912. The molecule has 7 heteroatoms. The van der Waals surface area contributed by atoms with Gasteiger partial charge in [0.1, 0.15) is 22.8 Å². The van der Waals surface area contributed by atoms with Crippen molar-refractivity contribution in [1.29, 1.82) is 0 Å². The van der Waals surface area contributed by atoms with Gasteiger partial charge in [0, 0.05) is 68.2 Å². The monoisotopic (exact) mass is 846 g/mol. The summed E-state index contributed by atoms with van der Waals surface area (Å²) in [5.74, 6) is 1.78. The average Bonchev–Trinajstić information content (AvgIpc) is 4.09. The quantitative estimate of drug-likeness (QED) is 0.152. The molecule has 0 saturated heterocycles. The van der Waals surface area contributed by atoms with Gasteiger partial charge in [-0.25, -0.2) is 9.97 Å². The van der Waals surface area contributed by atoms with Gasteiger partial charge in [-0.3, -0.25) is 14.1 Å². The van der Waals surface area contributed by atoms with Crippen LogP contribution in [0.3, 0.4) is 0 Å². The average molecular weight is 847 g/mol. The van der Waals surface area contributed by atoms with Crippen LogP contribution in [0.25, 0.3) is 100 Å². The van der Waals surface area contributed by atoms with E-state index in [1.807, 2.05) is 54.7 Å². The first-order valence-electron chi connectivity index (χ1n) is 22.1. The van der Waals surface area contributed by atoms with E-state index in [1.165, 1.54) is 0 Å². The summed E-state index contributed by atoms with van der Waals surface area (Å²) in [5, 5.41) is 4.33. The molecule has 4 aromatic heterocycles. The molecule has 310 valence electrons. The molecule has 66 heavy (non-hydrogen) atoms. The summed E-state index contributed by atoms with van der Waals surface area (Å²) in [6, 6.07) is 78.4. The van der Waals surface area contributed by atoms with Crippen LogP contribution in [-0.4, -0.2) is 24.1 Å². The third-order valence-electron chi connectivity index (χ3n) is 12.6. The first-order chi connectivity index (χ1) is 32.7. The van der Waals surface area contributed by atoms with Crippen molar-refractivity contribution in [2.24, 2.45) is 0 Å². The van der Waals surface area contributed by atoms with Crippen LogP contribution in [0.2, 0.25) is 0 Å². The molecule has 0 unspecified atom stereocenters. The molecule has 4 heterocycles. The van der Waals surface area contributed by atoms with Gasteiger partial charge >= 0.3 is 0 Å². The van der Waals surface area contributed by atoms with Crippen molar-refractivity contribution in [3.8, 4) is 45.4 Å². The first-order valence-corrected chi connectivity index (χ1v) is 22.1. The van der Waals surface area contributed by atoms with Crippen molar-refractivity contribution in [3.63, 3.8) is 0 Å². The van der Waals surface area contributed by atoms with Crippen molar-refractivity contribution in [1.82, 2.24) is 24.1 Å². The van der Waals surface area contributed by atoms with Gasteiger partial charge in [0.25, 0.3) is 0 Å². The molecule has 0 fully saturated rings. The lowest BCUT2D eigenvalue weighted by atomic mass is 10.0. The second kappa shape index (κ2) is 15.3. The Hall–Kier alpha value is -9.07. The molecule has 0 N–H and O–H groups in total. The zero-order valence-corrected chi connectivity index (χ0v) is 35.5. The Morgan fingerprint density at radius 2 is 0.879 bits per heavy atom. The third kappa shape index (κ3) is 6.32. The SMILES string of the molecule is c1ccc(-n2c(-c3ccc(N(c4ccc(-c5nc6ccccc6n5-c5ccccc5)cc4)c4ccc5cc(-c6cc7oc8ccccc8c7cn6)ccc5c4)cc3)nc3ccccc32)cc1. The maximum atomic E-state index is 6.22. The van der Waals surface area contributed by atoms with Crippen LogP contribution in [0, 0.1) is 0 Å². The minimum absolute atomic E-state index is 0.832. The molecule has 0 saturated carbocycles. The molecule has 13 rings (SSSR count). The summed E-state index contributed by atoms with van der Waals surface area (Å²) in [4.78, 5) is 17.5. The third-order valence-corrected chi connectivity index (χ3v) is 12.6. The Labute approximate surface area is 379 Å². The van der Waals surface area contributed by atoms with E-state index in [0.717, 1.165) is 117 Å². The molecule has 7 nitrogen and oxygen atoms in total. The normalized spacial score (nSPS) is 11.6. The summed E-state index contributed by atoms with van der Waals surface area (Å²) >= 11 is 0. The predicted molar refractivity (Wildman–Crippen MR) is 269 cm³/mol. The molecule has 0 spiro atoms. The van der Waals surface area contributed by atoms with Crippen LogP contribution >= 0.6 is 0 Å². The van der Waals surface area contributed by atoms with Crippen LogP contribution in [0.15, 0.2) is 235 Å². The van der Waals surface area contributed by atoms with Gasteiger partial charge in [0.2, 0.25) is 0 Å². The van der Waals surface area contributed by atoms with E-state index in [9.17, 15) is 0 Å². The van der Waals surface area contributed by atoms with E-state index in [-0.39, 0.29) is 0 Å². The Morgan fingerprint density at radius 3 is 1.50 bits per heavy atom. The number of anilines is 3. The Bertz CT molecular complexity index is 3770. The van der Waals surface area contributed by atoms with Gasteiger partial charge in [-0.05, 0) is 132 Å². The summed E-state index contributed by atoms with van der Waals surface area (Å²) in [6.07, 6.45) is 1.92. The highest BCUT2D eigenvalue weighted by Crippen LogP contribution is 2.40. The van der Waals surface area contributed by atoms with Gasteiger partial charge in [0.05, 0.1) is 27.8 Å².